The van der Waals surface area contributed by atoms with E-state index in [0.717, 1.165) is 31.1 Å². The zero-order valence-corrected chi connectivity index (χ0v) is 18.0. The number of esters is 1. The Balaban J connectivity index is 1.45. The monoisotopic (exact) mass is 450 g/mol. The standard InChI is InChI=1S/C21H23ClN2O5S/c22-19-8-6-14-11-15(5-7-18(14)23-19)21(26)29-12-20(25)24(16-3-1-2-4-16)17-9-10-30(27,28)13-17/h5-8,11,16-17H,1-4,9-10,12-13H2. The molecule has 0 spiro atoms. The molecule has 0 N–H and O–H groups in total. The SMILES string of the molecule is O=C(OCC(=O)N(C1CCCC1)C1CCS(=O)(=O)C1)c1ccc2nc(Cl)ccc2c1. The Morgan fingerprint density at radius 3 is 2.57 bits per heavy atom. The molecule has 1 aromatic carbocycles. The highest BCUT2D eigenvalue weighted by atomic mass is 35.5. The summed E-state index contributed by atoms with van der Waals surface area (Å²) in [5, 5.41) is 1.10. The topological polar surface area (TPSA) is 93.6 Å². The Morgan fingerprint density at radius 2 is 1.87 bits per heavy atom. The summed E-state index contributed by atoms with van der Waals surface area (Å²) in [6.07, 6.45) is 4.19. The average molecular weight is 451 g/mol. The molecule has 0 radical (unpaired) electrons. The molecule has 2 fully saturated rings. The van der Waals surface area contributed by atoms with Gasteiger partial charge in [0.1, 0.15) is 5.15 Å². The van der Waals surface area contributed by atoms with E-state index in [1.165, 1.54) is 0 Å². The van der Waals surface area contributed by atoms with E-state index >= 15 is 0 Å². The summed E-state index contributed by atoms with van der Waals surface area (Å²) in [6.45, 7) is -0.400. The third-order valence-corrected chi connectivity index (χ3v) is 7.79. The van der Waals surface area contributed by atoms with E-state index in [1.807, 2.05) is 0 Å². The van der Waals surface area contributed by atoms with Gasteiger partial charge in [-0.3, -0.25) is 4.79 Å². The lowest BCUT2D eigenvalue weighted by molar-refractivity contribution is -0.139. The van der Waals surface area contributed by atoms with Gasteiger partial charge in [-0.1, -0.05) is 24.4 Å². The summed E-state index contributed by atoms with van der Waals surface area (Å²) in [5.41, 5.74) is 0.972. The molecule has 2 heterocycles. The lowest BCUT2D eigenvalue weighted by Gasteiger charge is -2.33. The molecule has 0 bridgehead atoms. The van der Waals surface area contributed by atoms with E-state index in [0.29, 0.717) is 22.7 Å². The van der Waals surface area contributed by atoms with Crippen LogP contribution in [0.15, 0.2) is 30.3 Å². The second-order valence-corrected chi connectivity index (χ2v) is 10.5. The minimum atomic E-state index is -3.12. The first-order valence-corrected chi connectivity index (χ1v) is 12.3. The fourth-order valence-electron chi connectivity index (χ4n) is 4.40. The number of amides is 1. The maximum Gasteiger partial charge on any atom is 0.338 e. The Hall–Kier alpha value is -2.19. The Bertz CT molecular complexity index is 1080. The summed E-state index contributed by atoms with van der Waals surface area (Å²) in [4.78, 5) is 31.3. The number of ether oxygens (including phenoxy) is 1. The fraction of sp³-hybridized carbons (Fsp3) is 0.476. The van der Waals surface area contributed by atoms with Gasteiger partial charge in [-0.25, -0.2) is 18.2 Å². The molecule has 2 aromatic rings. The lowest BCUT2D eigenvalue weighted by Crippen LogP contribution is -2.48. The number of fused-ring (bicyclic) bond motifs is 1. The van der Waals surface area contributed by atoms with Gasteiger partial charge < -0.3 is 9.64 Å². The van der Waals surface area contributed by atoms with E-state index in [1.54, 1.807) is 35.2 Å². The molecule has 30 heavy (non-hydrogen) atoms. The van der Waals surface area contributed by atoms with Crippen LogP contribution in [-0.4, -0.2) is 60.4 Å². The molecule has 2 aliphatic rings. The second-order valence-electron chi connectivity index (χ2n) is 7.91. The minimum absolute atomic E-state index is 0.0105. The highest BCUT2D eigenvalue weighted by molar-refractivity contribution is 7.91. The highest BCUT2D eigenvalue weighted by Crippen LogP contribution is 2.29. The number of rotatable bonds is 5. The van der Waals surface area contributed by atoms with Crippen molar-refractivity contribution in [2.24, 2.45) is 0 Å². The number of carbonyl (C=O) groups excluding carboxylic acids is 2. The lowest BCUT2D eigenvalue weighted by atomic mass is 10.1. The van der Waals surface area contributed by atoms with Crippen LogP contribution in [0, 0.1) is 0 Å². The zero-order valence-electron chi connectivity index (χ0n) is 16.4. The summed E-state index contributed by atoms with van der Waals surface area (Å²) in [5.74, 6) is -0.843. The van der Waals surface area contributed by atoms with Crippen LogP contribution in [0.4, 0.5) is 0 Å². The van der Waals surface area contributed by atoms with Crippen LogP contribution in [0.5, 0.6) is 0 Å². The van der Waals surface area contributed by atoms with Crippen LogP contribution in [0.3, 0.4) is 0 Å². The van der Waals surface area contributed by atoms with E-state index in [2.05, 4.69) is 4.98 Å². The molecule has 4 rings (SSSR count). The quantitative estimate of drug-likeness (QED) is 0.513. The van der Waals surface area contributed by atoms with Crippen LogP contribution in [0.25, 0.3) is 10.9 Å². The molecule has 1 saturated heterocycles. The number of hydrogen-bond acceptors (Lipinski definition) is 6. The van der Waals surface area contributed by atoms with Crippen LogP contribution in [0.1, 0.15) is 42.5 Å². The first-order valence-electron chi connectivity index (χ1n) is 10.1. The maximum absolute atomic E-state index is 12.9. The van der Waals surface area contributed by atoms with Gasteiger partial charge in [0.05, 0.1) is 22.6 Å². The highest BCUT2D eigenvalue weighted by Gasteiger charge is 2.39. The number of nitrogens with zero attached hydrogens (tertiary/aromatic N) is 2. The molecule has 160 valence electrons. The molecule has 1 saturated carbocycles. The molecular weight excluding hydrogens is 428 g/mol. The van der Waals surface area contributed by atoms with Gasteiger partial charge in [0.15, 0.2) is 16.4 Å². The molecule has 1 aliphatic heterocycles. The van der Waals surface area contributed by atoms with E-state index in [4.69, 9.17) is 16.3 Å². The van der Waals surface area contributed by atoms with Crippen molar-refractivity contribution >= 4 is 44.2 Å². The number of aromatic nitrogens is 1. The zero-order chi connectivity index (χ0) is 21.3. The van der Waals surface area contributed by atoms with Crippen molar-refractivity contribution in [3.05, 3.63) is 41.0 Å². The molecule has 9 heteroatoms. The van der Waals surface area contributed by atoms with Crippen molar-refractivity contribution in [2.75, 3.05) is 18.1 Å². The van der Waals surface area contributed by atoms with E-state index in [-0.39, 0.29) is 29.5 Å². The number of sulfone groups is 1. The number of halogens is 1. The second kappa shape index (κ2) is 8.51. The summed E-state index contributed by atoms with van der Waals surface area (Å²) < 4.78 is 29.1. The Morgan fingerprint density at radius 1 is 1.10 bits per heavy atom. The summed E-state index contributed by atoms with van der Waals surface area (Å²) in [6, 6.07) is 7.98. The fourth-order valence-corrected chi connectivity index (χ4v) is 6.26. The van der Waals surface area contributed by atoms with Gasteiger partial charge in [-0.15, -0.1) is 0 Å². The number of benzene rings is 1. The van der Waals surface area contributed by atoms with Crippen molar-refractivity contribution in [3.8, 4) is 0 Å². The van der Waals surface area contributed by atoms with E-state index < -0.39 is 22.4 Å². The number of hydrogen-bond donors (Lipinski definition) is 0. The predicted octanol–water partition coefficient (Wildman–Crippen LogP) is 3.00. The van der Waals surface area contributed by atoms with Crippen molar-refractivity contribution in [3.63, 3.8) is 0 Å². The largest absolute Gasteiger partial charge is 0.452 e. The van der Waals surface area contributed by atoms with Crippen molar-refractivity contribution in [1.29, 1.82) is 0 Å². The molecule has 1 atom stereocenters. The molecule has 1 aromatic heterocycles. The van der Waals surface area contributed by atoms with Crippen LogP contribution in [0.2, 0.25) is 5.15 Å². The van der Waals surface area contributed by atoms with E-state index in [9.17, 15) is 18.0 Å². The van der Waals surface area contributed by atoms with Crippen molar-refractivity contribution < 1.29 is 22.7 Å². The summed E-state index contributed by atoms with van der Waals surface area (Å²) in [7, 11) is -3.12. The van der Waals surface area contributed by atoms with Crippen LogP contribution in [-0.2, 0) is 19.4 Å². The molecular formula is C21H23ClN2O5S. The number of carbonyl (C=O) groups is 2. The molecule has 7 nitrogen and oxygen atoms in total. The Labute approximate surface area is 180 Å². The van der Waals surface area contributed by atoms with Crippen LogP contribution < -0.4 is 0 Å². The molecule has 1 aliphatic carbocycles. The maximum atomic E-state index is 12.9. The third-order valence-electron chi connectivity index (χ3n) is 5.83. The third kappa shape index (κ3) is 4.59. The summed E-state index contributed by atoms with van der Waals surface area (Å²) >= 11 is 5.88. The molecule has 1 unspecified atom stereocenters. The van der Waals surface area contributed by atoms with Gasteiger partial charge in [-0.2, -0.15) is 0 Å². The molecule has 1 amide bonds. The van der Waals surface area contributed by atoms with Crippen LogP contribution >= 0.6 is 11.6 Å². The minimum Gasteiger partial charge on any atom is -0.452 e. The van der Waals surface area contributed by atoms with Gasteiger partial charge in [0.25, 0.3) is 5.91 Å². The first-order chi connectivity index (χ1) is 14.3. The smallest absolute Gasteiger partial charge is 0.338 e. The Kier molecular flexibility index (Phi) is 5.97. The van der Waals surface area contributed by atoms with Gasteiger partial charge in [-0.05, 0) is 49.6 Å². The predicted molar refractivity (Wildman–Crippen MR) is 113 cm³/mol. The van der Waals surface area contributed by atoms with Gasteiger partial charge in [0.2, 0.25) is 0 Å². The normalized spacial score (nSPS) is 21.0. The van der Waals surface area contributed by atoms with Gasteiger partial charge >= 0.3 is 5.97 Å². The average Bonchev–Trinajstić information content (AvgIpc) is 3.36. The number of pyridine rings is 1. The van der Waals surface area contributed by atoms with Gasteiger partial charge in [0, 0.05) is 17.5 Å². The van der Waals surface area contributed by atoms with Crippen molar-refractivity contribution in [1.82, 2.24) is 9.88 Å². The van der Waals surface area contributed by atoms with Crippen molar-refractivity contribution in [2.45, 2.75) is 44.2 Å². The first kappa shape index (κ1) is 21.1.